The van der Waals surface area contributed by atoms with Gasteiger partial charge in [-0.3, -0.25) is 14.5 Å². The normalized spacial score (nSPS) is 13.8. The first-order chi connectivity index (χ1) is 25.7. The number of aromatic nitrogens is 3. The number of anilines is 1. The van der Waals surface area contributed by atoms with Crippen LogP contribution in [0.25, 0.3) is 21.5 Å². The monoisotopic (exact) mass is 844 g/mol. The van der Waals surface area contributed by atoms with E-state index >= 15 is 0 Å². The predicted octanol–water partition coefficient (Wildman–Crippen LogP) is 9.31. The van der Waals surface area contributed by atoms with E-state index in [2.05, 4.69) is 20.2 Å². The van der Waals surface area contributed by atoms with Crippen molar-refractivity contribution in [3.63, 3.8) is 0 Å². The van der Waals surface area contributed by atoms with Crippen molar-refractivity contribution in [3.8, 4) is 22.2 Å². The first-order valence-corrected chi connectivity index (χ1v) is 17.4. The number of thiazole rings is 1. The second kappa shape index (κ2) is 15.8. The van der Waals surface area contributed by atoms with Crippen LogP contribution in [-0.4, -0.2) is 62.3 Å². The number of aryl methyl sites for hydroxylation is 1. The van der Waals surface area contributed by atoms with Gasteiger partial charge in [0.05, 0.1) is 23.0 Å². The van der Waals surface area contributed by atoms with Gasteiger partial charge < -0.3 is 19.5 Å². The molecule has 3 aromatic heterocycles. The third kappa shape index (κ3) is 9.01. The highest BCUT2D eigenvalue weighted by Gasteiger charge is 2.31. The van der Waals surface area contributed by atoms with Gasteiger partial charge >= 0.3 is 12.4 Å². The van der Waals surface area contributed by atoms with Gasteiger partial charge in [-0.15, -0.1) is 28.3 Å². The largest absolute Gasteiger partial charge is 0.439 e. The van der Waals surface area contributed by atoms with Crippen molar-refractivity contribution < 1.29 is 40.7 Å². The molecule has 2 amide bonds. The van der Waals surface area contributed by atoms with Gasteiger partial charge in [-0.1, -0.05) is 12.1 Å². The van der Waals surface area contributed by atoms with Gasteiger partial charge in [-0.2, -0.15) is 26.3 Å². The number of benzene rings is 3. The first-order valence-electron chi connectivity index (χ1n) is 16.6. The Morgan fingerprint density at radius 1 is 0.800 bits per heavy atom. The van der Waals surface area contributed by atoms with Crippen LogP contribution in [0.5, 0.6) is 11.6 Å². The Bertz CT molecular complexity index is 2300. The van der Waals surface area contributed by atoms with Crippen LogP contribution in [0.1, 0.15) is 36.9 Å². The van der Waals surface area contributed by atoms with E-state index in [1.165, 1.54) is 29.7 Å². The average Bonchev–Trinajstić information content (AvgIpc) is 3.75. The molecule has 55 heavy (non-hydrogen) atoms. The Labute approximate surface area is 324 Å². The maximum absolute atomic E-state index is 13.6. The van der Waals surface area contributed by atoms with E-state index in [-0.39, 0.29) is 34.3 Å². The van der Waals surface area contributed by atoms with Gasteiger partial charge in [0, 0.05) is 78.9 Å². The summed E-state index contributed by atoms with van der Waals surface area (Å²) in [7, 11) is 1.82. The number of nitrogens with one attached hydrogen (secondary N) is 1. The summed E-state index contributed by atoms with van der Waals surface area (Å²) in [4.78, 5) is 39.8. The van der Waals surface area contributed by atoms with E-state index in [1.807, 2.05) is 28.6 Å². The highest BCUT2D eigenvalue weighted by Crippen LogP contribution is 2.33. The minimum Gasteiger partial charge on any atom is -0.439 e. The smallest absolute Gasteiger partial charge is 0.416 e. The van der Waals surface area contributed by atoms with Crippen LogP contribution >= 0.6 is 28.3 Å². The number of alkyl halides is 6. The molecule has 1 aliphatic heterocycles. The number of hydrogen-bond donors (Lipinski definition) is 1. The number of carbonyl (C=O) groups is 2. The number of fused-ring (bicyclic) bond motifs is 1. The van der Waals surface area contributed by atoms with Crippen molar-refractivity contribution in [3.05, 3.63) is 125 Å². The molecule has 0 unspecified atom stereocenters. The molecule has 9 nitrogen and oxygen atoms in total. The van der Waals surface area contributed by atoms with Gasteiger partial charge in [-0.05, 0) is 66.7 Å². The van der Waals surface area contributed by atoms with Gasteiger partial charge in [0.1, 0.15) is 16.5 Å². The zero-order chi connectivity index (χ0) is 38.2. The minimum absolute atomic E-state index is 0. The lowest BCUT2D eigenvalue weighted by atomic mass is 10.1. The van der Waals surface area contributed by atoms with Crippen molar-refractivity contribution in [2.45, 2.75) is 18.9 Å². The predicted molar refractivity (Wildman–Crippen MR) is 201 cm³/mol. The second-order valence-electron chi connectivity index (χ2n) is 12.6. The van der Waals surface area contributed by atoms with Crippen LogP contribution in [0, 0.1) is 0 Å². The maximum atomic E-state index is 13.6. The zero-order valence-corrected chi connectivity index (χ0v) is 31.3. The van der Waals surface area contributed by atoms with E-state index in [9.17, 15) is 35.9 Å². The Kier molecular flexibility index (Phi) is 11.4. The molecule has 0 aliphatic carbocycles. The third-order valence-corrected chi connectivity index (χ3v) is 10.0. The first kappa shape index (κ1) is 39.4. The third-order valence-electron chi connectivity index (χ3n) is 8.98. The minimum atomic E-state index is -4.50. The number of hydrogen-bond acceptors (Lipinski definition) is 7. The summed E-state index contributed by atoms with van der Waals surface area (Å²) in [6.45, 7) is 2.95. The molecule has 7 rings (SSSR count). The van der Waals surface area contributed by atoms with E-state index in [0.29, 0.717) is 60.4 Å². The maximum Gasteiger partial charge on any atom is 0.416 e. The van der Waals surface area contributed by atoms with E-state index in [0.717, 1.165) is 52.2 Å². The summed E-state index contributed by atoms with van der Waals surface area (Å²) in [6.07, 6.45) is -5.78. The standard InChI is InChI=1S/C38H30F6N6O3S.BrH/c1-48-31-12-11-29(53-33-13-10-28(20-45-33)47-34(51)23-2-6-26(7-3-23)37(39,40)41)18-25(31)19-32(48)36(52)50-16-14-49(15-17-50)22-30-21-46-35(54-30)24-4-8-27(9-5-24)38(42,43)44;/h2-13,18-21H,14-17,22H2,1H3,(H,47,51);1H. The summed E-state index contributed by atoms with van der Waals surface area (Å²) < 4.78 is 85.0. The van der Waals surface area contributed by atoms with E-state index < -0.39 is 29.4 Å². The highest BCUT2D eigenvalue weighted by molar-refractivity contribution is 8.93. The summed E-state index contributed by atoms with van der Waals surface area (Å²) >= 11 is 1.43. The number of halogens is 7. The molecule has 286 valence electrons. The zero-order valence-electron chi connectivity index (χ0n) is 28.8. The van der Waals surface area contributed by atoms with Crippen LogP contribution in [0.4, 0.5) is 32.0 Å². The Balaban J connectivity index is 0.00000514. The summed E-state index contributed by atoms with van der Waals surface area (Å²) in [5, 5.41) is 4.02. The lowest BCUT2D eigenvalue weighted by molar-refractivity contribution is -0.138. The molecular weight excluding hydrogens is 814 g/mol. The SMILES string of the molecule is Br.Cn1c(C(=O)N2CCN(Cc3cnc(-c4ccc(C(F)(F)F)cc4)s3)CC2)cc2cc(Oc3ccc(NC(=O)c4ccc(C(F)(F)F)cc4)cn3)ccc21. The van der Waals surface area contributed by atoms with Crippen molar-refractivity contribution in [2.24, 2.45) is 7.05 Å². The highest BCUT2D eigenvalue weighted by atomic mass is 79.9. The molecule has 0 atom stereocenters. The average molecular weight is 846 g/mol. The summed E-state index contributed by atoms with van der Waals surface area (Å²) in [5.74, 6) is 0.0156. The van der Waals surface area contributed by atoms with Crippen molar-refractivity contribution >= 4 is 56.7 Å². The van der Waals surface area contributed by atoms with E-state index in [4.69, 9.17) is 4.74 Å². The number of amides is 2. The molecular formula is C38H31BrF6N6O3S. The van der Waals surface area contributed by atoms with Gasteiger partial charge in [0.2, 0.25) is 5.88 Å². The molecule has 1 saturated heterocycles. The molecule has 0 spiro atoms. The fraction of sp³-hybridized carbons (Fsp3) is 0.211. The summed E-state index contributed by atoms with van der Waals surface area (Å²) in [6, 6.07) is 19.1. The van der Waals surface area contributed by atoms with Crippen molar-refractivity contribution in [2.75, 3.05) is 31.5 Å². The van der Waals surface area contributed by atoms with Crippen molar-refractivity contribution in [1.29, 1.82) is 0 Å². The second-order valence-corrected chi connectivity index (χ2v) is 13.7. The quantitative estimate of drug-likeness (QED) is 0.154. The lowest BCUT2D eigenvalue weighted by Gasteiger charge is -2.34. The van der Waals surface area contributed by atoms with Crippen molar-refractivity contribution in [1.82, 2.24) is 24.3 Å². The van der Waals surface area contributed by atoms with Gasteiger partial charge in [0.15, 0.2) is 0 Å². The fourth-order valence-electron chi connectivity index (χ4n) is 6.05. The molecule has 4 heterocycles. The van der Waals surface area contributed by atoms with Gasteiger partial charge in [0.25, 0.3) is 11.8 Å². The molecule has 0 saturated carbocycles. The Morgan fingerprint density at radius 2 is 1.45 bits per heavy atom. The topological polar surface area (TPSA) is 92.6 Å². The molecule has 3 aromatic carbocycles. The molecule has 1 fully saturated rings. The van der Waals surface area contributed by atoms with Crippen LogP contribution in [0.2, 0.25) is 0 Å². The Hall–Kier alpha value is -5.26. The molecule has 17 heteroatoms. The number of nitrogens with zero attached hydrogens (tertiary/aromatic N) is 5. The van der Waals surface area contributed by atoms with Crippen LogP contribution < -0.4 is 10.1 Å². The fourth-order valence-corrected chi connectivity index (χ4v) is 7.01. The van der Waals surface area contributed by atoms with E-state index in [1.54, 1.807) is 30.5 Å². The molecule has 0 bridgehead atoms. The van der Waals surface area contributed by atoms with Gasteiger partial charge in [-0.25, -0.2) is 9.97 Å². The number of carbonyl (C=O) groups excluding carboxylic acids is 2. The lowest BCUT2D eigenvalue weighted by Crippen LogP contribution is -2.48. The molecule has 6 aromatic rings. The van der Waals surface area contributed by atoms with Crippen LogP contribution in [0.15, 0.2) is 97.3 Å². The number of pyridine rings is 1. The number of rotatable bonds is 8. The molecule has 0 radical (unpaired) electrons. The van der Waals surface area contributed by atoms with Crippen LogP contribution in [-0.2, 0) is 25.9 Å². The summed E-state index contributed by atoms with van der Waals surface area (Å²) in [5.41, 5.74) is 0.802. The molecule has 1 aliphatic rings. The Morgan fingerprint density at radius 3 is 2.07 bits per heavy atom. The number of piperazine rings is 1. The number of ether oxygens (including phenoxy) is 1. The molecule has 1 N–H and O–H groups in total. The van der Waals surface area contributed by atoms with Crippen LogP contribution in [0.3, 0.4) is 0 Å².